The molecule has 0 saturated heterocycles. The first-order chi connectivity index (χ1) is 11.2. The number of aryl methyl sites for hydroxylation is 1. The summed E-state index contributed by atoms with van der Waals surface area (Å²) >= 11 is 0. The average Bonchev–Trinajstić information content (AvgIpc) is 2.76. The molecule has 120 valence electrons. The van der Waals surface area contributed by atoms with Crippen molar-refractivity contribution in [1.82, 2.24) is 9.88 Å². The van der Waals surface area contributed by atoms with E-state index in [1.807, 2.05) is 29.9 Å². The molecule has 1 aliphatic carbocycles. The van der Waals surface area contributed by atoms with Gasteiger partial charge in [-0.3, -0.25) is 4.79 Å². The van der Waals surface area contributed by atoms with E-state index in [-0.39, 0.29) is 5.91 Å². The van der Waals surface area contributed by atoms with Gasteiger partial charge < -0.3 is 9.88 Å². The minimum absolute atomic E-state index is 0.0671. The second-order valence-electron chi connectivity index (χ2n) is 6.53. The maximum Gasteiger partial charge on any atom is 0.253 e. The summed E-state index contributed by atoms with van der Waals surface area (Å²) in [6.07, 6.45) is 9.42. The van der Waals surface area contributed by atoms with Gasteiger partial charge in [-0.2, -0.15) is 5.26 Å². The zero-order valence-corrected chi connectivity index (χ0v) is 13.6. The number of nitrogens with zero attached hydrogens (tertiary/aromatic N) is 2. The molecule has 1 aliphatic rings. The van der Waals surface area contributed by atoms with Gasteiger partial charge in [-0.05, 0) is 30.9 Å². The second kappa shape index (κ2) is 6.87. The Labute approximate surface area is 137 Å². The van der Waals surface area contributed by atoms with Crippen molar-refractivity contribution in [3.05, 3.63) is 35.5 Å². The highest BCUT2D eigenvalue weighted by atomic mass is 16.1. The van der Waals surface area contributed by atoms with Crippen molar-refractivity contribution in [2.75, 3.05) is 6.54 Å². The maximum atomic E-state index is 12.6. The summed E-state index contributed by atoms with van der Waals surface area (Å²) in [5.41, 5.74) is 2.08. The number of amides is 1. The largest absolute Gasteiger partial charge is 0.352 e. The monoisotopic (exact) mass is 309 g/mol. The van der Waals surface area contributed by atoms with Crippen molar-refractivity contribution >= 4 is 16.8 Å². The van der Waals surface area contributed by atoms with Gasteiger partial charge in [0.2, 0.25) is 0 Å². The van der Waals surface area contributed by atoms with Crippen LogP contribution in [0.2, 0.25) is 0 Å². The van der Waals surface area contributed by atoms with Crippen LogP contribution in [-0.4, -0.2) is 17.0 Å². The molecule has 1 amide bonds. The van der Waals surface area contributed by atoms with Gasteiger partial charge in [-0.25, -0.2) is 0 Å². The van der Waals surface area contributed by atoms with Gasteiger partial charge in [0.1, 0.15) is 0 Å². The number of rotatable bonds is 3. The summed E-state index contributed by atoms with van der Waals surface area (Å²) in [5, 5.41) is 13.2. The van der Waals surface area contributed by atoms with Crippen LogP contribution in [0.4, 0.5) is 0 Å². The third-order valence-corrected chi connectivity index (χ3v) is 4.91. The number of carbonyl (C=O) groups is 1. The molecular weight excluding hydrogens is 286 g/mol. The van der Waals surface area contributed by atoms with E-state index in [2.05, 4.69) is 11.4 Å². The summed E-state index contributed by atoms with van der Waals surface area (Å²) < 4.78 is 1.91. The van der Waals surface area contributed by atoms with Crippen molar-refractivity contribution in [2.24, 2.45) is 13.0 Å². The Bertz CT molecular complexity index is 746. The molecule has 1 aromatic heterocycles. The number of fused-ring (bicyclic) bond motifs is 1. The molecule has 1 fully saturated rings. The van der Waals surface area contributed by atoms with Crippen LogP contribution >= 0.6 is 0 Å². The predicted molar refractivity (Wildman–Crippen MR) is 91.2 cm³/mol. The van der Waals surface area contributed by atoms with Crippen molar-refractivity contribution in [1.29, 1.82) is 5.26 Å². The lowest BCUT2D eigenvalue weighted by atomic mass is 10.00. The van der Waals surface area contributed by atoms with Crippen LogP contribution in [0, 0.1) is 17.2 Å². The first-order valence-electron chi connectivity index (χ1n) is 8.47. The number of hydrogen-bond acceptors (Lipinski definition) is 2. The highest BCUT2D eigenvalue weighted by Crippen LogP contribution is 2.25. The molecule has 0 aliphatic heterocycles. The molecule has 0 unspecified atom stereocenters. The van der Waals surface area contributed by atoms with Gasteiger partial charge in [0, 0.05) is 30.7 Å². The number of hydrogen-bond donors (Lipinski definition) is 1. The molecule has 1 N–H and O–H groups in total. The van der Waals surface area contributed by atoms with Gasteiger partial charge in [0.15, 0.2) is 0 Å². The summed E-state index contributed by atoms with van der Waals surface area (Å²) in [6, 6.07) is 7.77. The molecule has 0 spiro atoms. The van der Waals surface area contributed by atoms with Gasteiger partial charge in [0.05, 0.1) is 17.2 Å². The molecule has 1 heterocycles. The molecule has 0 radical (unpaired) electrons. The highest BCUT2D eigenvalue weighted by molar-refractivity contribution is 6.08. The van der Waals surface area contributed by atoms with E-state index in [1.54, 1.807) is 6.07 Å². The molecule has 23 heavy (non-hydrogen) atoms. The quantitative estimate of drug-likeness (QED) is 0.878. The number of nitrogens with one attached hydrogen (secondary N) is 1. The van der Waals surface area contributed by atoms with Crippen LogP contribution in [-0.2, 0) is 7.05 Å². The smallest absolute Gasteiger partial charge is 0.253 e. The molecule has 3 rings (SSSR count). The molecule has 4 heteroatoms. The SMILES string of the molecule is Cn1cc(C(=O)NCC2CCCCCC2)c2c(C#N)cccc21. The van der Waals surface area contributed by atoms with E-state index < -0.39 is 0 Å². The van der Waals surface area contributed by atoms with Crippen molar-refractivity contribution in [2.45, 2.75) is 38.5 Å². The fraction of sp³-hybridized carbons (Fsp3) is 0.474. The van der Waals surface area contributed by atoms with Gasteiger partial charge in [-0.1, -0.05) is 31.7 Å². The maximum absolute atomic E-state index is 12.6. The van der Waals surface area contributed by atoms with Crippen LogP contribution in [0.25, 0.3) is 10.9 Å². The zero-order chi connectivity index (χ0) is 16.2. The van der Waals surface area contributed by atoms with E-state index >= 15 is 0 Å². The Kier molecular flexibility index (Phi) is 4.66. The Hall–Kier alpha value is -2.28. The number of benzene rings is 1. The van der Waals surface area contributed by atoms with Crippen LogP contribution < -0.4 is 5.32 Å². The number of nitriles is 1. The third-order valence-electron chi connectivity index (χ3n) is 4.91. The van der Waals surface area contributed by atoms with E-state index in [0.29, 0.717) is 17.0 Å². The van der Waals surface area contributed by atoms with Gasteiger partial charge >= 0.3 is 0 Å². The first-order valence-corrected chi connectivity index (χ1v) is 8.47. The molecular formula is C19H23N3O. The Balaban J connectivity index is 1.80. The lowest BCUT2D eigenvalue weighted by molar-refractivity contribution is 0.0947. The number of aromatic nitrogens is 1. The molecule has 4 nitrogen and oxygen atoms in total. The Morgan fingerprint density at radius 3 is 2.74 bits per heavy atom. The first kappa shape index (κ1) is 15.6. The van der Waals surface area contributed by atoms with Crippen molar-refractivity contribution in [3.8, 4) is 6.07 Å². The molecule has 2 aromatic rings. The normalized spacial score (nSPS) is 16.0. The van der Waals surface area contributed by atoms with E-state index in [9.17, 15) is 10.1 Å². The van der Waals surface area contributed by atoms with E-state index in [4.69, 9.17) is 0 Å². The zero-order valence-electron chi connectivity index (χ0n) is 13.6. The molecule has 1 saturated carbocycles. The topological polar surface area (TPSA) is 57.8 Å². The Morgan fingerprint density at radius 2 is 2.04 bits per heavy atom. The van der Waals surface area contributed by atoms with Crippen LogP contribution in [0.1, 0.15) is 54.4 Å². The van der Waals surface area contributed by atoms with E-state index in [1.165, 1.54) is 38.5 Å². The Morgan fingerprint density at radius 1 is 1.30 bits per heavy atom. The minimum atomic E-state index is -0.0671. The average molecular weight is 309 g/mol. The molecule has 0 bridgehead atoms. The number of carbonyl (C=O) groups excluding carboxylic acids is 1. The third kappa shape index (κ3) is 3.24. The van der Waals surface area contributed by atoms with E-state index in [0.717, 1.165) is 17.4 Å². The van der Waals surface area contributed by atoms with Crippen LogP contribution in [0.15, 0.2) is 24.4 Å². The van der Waals surface area contributed by atoms with Crippen molar-refractivity contribution < 1.29 is 4.79 Å². The minimum Gasteiger partial charge on any atom is -0.352 e. The molecule has 0 atom stereocenters. The van der Waals surface area contributed by atoms with Crippen LogP contribution in [0.3, 0.4) is 0 Å². The van der Waals surface area contributed by atoms with Crippen LogP contribution in [0.5, 0.6) is 0 Å². The van der Waals surface area contributed by atoms with Gasteiger partial charge in [-0.15, -0.1) is 0 Å². The standard InChI is InChI=1S/C19H23N3O/c1-22-13-16(18-15(11-20)9-6-10-17(18)22)19(23)21-12-14-7-4-2-3-5-8-14/h6,9-10,13-14H,2-5,7-8,12H2,1H3,(H,21,23). The molecule has 1 aromatic carbocycles. The summed E-state index contributed by atoms with van der Waals surface area (Å²) in [5.74, 6) is 0.523. The summed E-state index contributed by atoms with van der Waals surface area (Å²) in [7, 11) is 1.91. The van der Waals surface area contributed by atoms with Gasteiger partial charge in [0.25, 0.3) is 5.91 Å². The lowest BCUT2D eigenvalue weighted by Gasteiger charge is -2.14. The second-order valence-corrected chi connectivity index (χ2v) is 6.53. The fourth-order valence-electron chi connectivity index (χ4n) is 3.61. The highest BCUT2D eigenvalue weighted by Gasteiger charge is 2.18. The van der Waals surface area contributed by atoms with Crippen molar-refractivity contribution in [3.63, 3.8) is 0 Å². The summed E-state index contributed by atoms with van der Waals surface area (Å²) in [4.78, 5) is 12.6. The lowest BCUT2D eigenvalue weighted by Crippen LogP contribution is -2.29. The fourth-order valence-corrected chi connectivity index (χ4v) is 3.61. The summed E-state index contributed by atoms with van der Waals surface area (Å²) in [6.45, 7) is 0.740. The predicted octanol–water partition coefficient (Wildman–Crippen LogP) is 3.75.